The van der Waals surface area contributed by atoms with Gasteiger partial charge in [-0.25, -0.2) is 0 Å². The lowest BCUT2D eigenvalue weighted by Gasteiger charge is -2.17. The molecule has 0 aromatic carbocycles. The molecule has 0 aliphatic rings. The number of H-pyrrole nitrogens is 1. The summed E-state index contributed by atoms with van der Waals surface area (Å²) in [6.45, 7) is 1.67. The van der Waals surface area contributed by atoms with Crippen molar-refractivity contribution in [1.82, 2.24) is 4.98 Å². The maximum absolute atomic E-state index is 10.9. The minimum Gasteiger partial charge on any atom is -0.389 e. The van der Waals surface area contributed by atoms with Gasteiger partial charge in [-0.3, -0.25) is 4.79 Å². The molecule has 0 fully saturated rings. The Hall–Kier alpha value is -0.780. The summed E-state index contributed by atoms with van der Waals surface area (Å²) in [5, 5.41) is 19.0. The van der Waals surface area contributed by atoms with Crippen LogP contribution in [0.2, 0.25) is 0 Å². The van der Waals surface area contributed by atoms with Gasteiger partial charge in [0.05, 0.1) is 6.10 Å². The fourth-order valence-electron chi connectivity index (χ4n) is 1.22. The molecule has 1 aromatic heterocycles. The SMILES string of the molecule is Cc1[nH]c(=O)ccc1C(O)C(O)CS. The van der Waals surface area contributed by atoms with Crippen molar-refractivity contribution in [2.24, 2.45) is 0 Å². The molecular formula is C9H13NO3S. The summed E-state index contributed by atoms with van der Waals surface area (Å²) in [5.74, 6) is 0.166. The molecule has 1 aromatic rings. The second kappa shape index (κ2) is 4.63. The number of aliphatic hydroxyl groups is 2. The molecule has 0 saturated carbocycles. The third-order valence-corrected chi connectivity index (χ3v) is 2.40. The van der Waals surface area contributed by atoms with Crippen LogP contribution in [-0.2, 0) is 0 Å². The van der Waals surface area contributed by atoms with Crippen molar-refractivity contribution in [3.8, 4) is 0 Å². The Morgan fingerprint density at radius 3 is 2.64 bits per heavy atom. The van der Waals surface area contributed by atoms with Gasteiger partial charge in [-0.1, -0.05) is 0 Å². The number of aromatic amines is 1. The van der Waals surface area contributed by atoms with Crippen molar-refractivity contribution in [2.75, 3.05) is 5.75 Å². The quantitative estimate of drug-likeness (QED) is 0.537. The number of aliphatic hydroxyl groups excluding tert-OH is 2. The molecule has 14 heavy (non-hydrogen) atoms. The number of aryl methyl sites for hydroxylation is 1. The molecule has 5 heteroatoms. The van der Waals surface area contributed by atoms with Crippen LogP contribution in [0.15, 0.2) is 16.9 Å². The fraction of sp³-hybridized carbons (Fsp3) is 0.444. The van der Waals surface area contributed by atoms with E-state index in [2.05, 4.69) is 17.6 Å². The third-order valence-electron chi connectivity index (χ3n) is 2.03. The number of pyridine rings is 1. The maximum Gasteiger partial charge on any atom is 0.248 e. The van der Waals surface area contributed by atoms with E-state index in [4.69, 9.17) is 0 Å². The Labute approximate surface area is 87.0 Å². The van der Waals surface area contributed by atoms with Crippen LogP contribution < -0.4 is 5.56 Å². The maximum atomic E-state index is 10.9. The van der Waals surface area contributed by atoms with Crippen LogP contribution in [0.5, 0.6) is 0 Å². The Morgan fingerprint density at radius 2 is 2.14 bits per heavy atom. The zero-order valence-corrected chi connectivity index (χ0v) is 8.66. The zero-order valence-electron chi connectivity index (χ0n) is 7.77. The van der Waals surface area contributed by atoms with Gasteiger partial charge in [0.15, 0.2) is 0 Å². The normalized spacial score (nSPS) is 15.1. The van der Waals surface area contributed by atoms with E-state index in [0.29, 0.717) is 11.3 Å². The summed E-state index contributed by atoms with van der Waals surface area (Å²) < 4.78 is 0. The lowest BCUT2D eigenvalue weighted by molar-refractivity contribution is 0.0331. The predicted octanol–water partition coefficient (Wildman–Crippen LogP) is 0.00742. The molecule has 0 aliphatic heterocycles. The number of hydrogen-bond donors (Lipinski definition) is 4. The van der Waals surface area contributed by atoms with E-state index < -0.39 is 12.2 Å². The molecule has 2 atom stereocenters. The third kappa shape index (κ3) is 2.37. The number of aromatic nitrogens is 1. The molecule has 2 unspecified atom stereocenters. The second-order valence-electron chi connectivity index (χ2n) is 3.10. The van der Waals surface area contributed by atoms with E-state index in [0.717, 1.165) is 0 Å². The van der Waals surface area contributed by atoms with Crippen molar-refractivity contribution in [1.29, 1.82) is 0 Å². The van der Waals surface area contributed by atoms with Gasteiger partial charge in [0.25, 0.3) is 0 Å². The Bertz CT molecular complexity index is 363. The largest absolute Gasteiger partial charge is 0.389 e. The Morgan fingerprint density at radius 1 is 1.50 bits per heavy atom. The highest BCUT2D eigenvalue weighted by molar-refractivity contribution is 7.80. The van der Waals surface area contributed by atoms with Crippen LogP contribution in [0.3, 0.4) is 0 Å². The van der Waals surface area contributed by atoms with Crippen LogP contribution >= 0.6 is 12.6 Å². The van der Waals surface area contributed by atoms with Crippen LogP contribution in [0.1, 0.15) is 17.4 Å². The van der Waals surface area contributed by atoms with Gasteiger partial charge < -0.3 is 15.2 Å². The van der Waals surface area contributed by atoms with Crippen LogP contribution in [0.4, 0.5) is 0 Å². The molecule has 0 saturated heterocycles. The highest BCUT2D eigenvalue weighted by Gasteiger charge is 2.18. The molecule has 1 heterocycles. The van der Waals surface area contributed by atoms with Gasteiger partial charge in [-0.15, -0.1) is 0 Å². The standard InChI is InChI=1S/C9H13NO3S/c1-5-6(2-3-8(12)10-5)9(13)7(11)4-14/h2-3,7,9,11,13-14H,4H2,1H3,(H,10,12). The van der Waals surface area contributed by atoms with Crippen LogP contribution in [-0.4, -0.2) is 27.1 Å². The molecule has 78 valence electrons. The highest BCUT2D eigenvalue weighted by Crippen LogP contribution is 2.18. The summed E-state index contributed by atoms with van der Waals surface area (Å²) in [5.41, 5.74) is 0.857. The first-order valence-corrected chi connectivity index (χ1v) is 4.86. The average molecular weight is 215 g/mol. The van der Waals surface area contributed by atoms with Gasteiger partial charge in [0.2, 0.25) is 5.56 Å². The summed E-state index contributed by atoms with van der Waals surface area (Å²) in [6, 6.07) is 2.82. The topological polar surface area (TPSA) is 73.3 Å². The average Bonchev–Trinajstić information content (AvgIpc) is 2.15. The van der Waals surface area contributed by atoms with E-state index in [1.54, 1.807) is 6.92 Å². The highest BCUT2D eigenvalue weighted by atomic mass is 32.1. The lowest BCUT2D eigenvalue weighted by Crippen LogP contribution is -2.22. The van der Waals surface area contributed by atoms with Crippen molar-refractivity contribution in [2.45, 2.75) is 19.1 Å². The number of thiol groups is 1. The molecule has 1 rings (SSSR count). The number of nitrogens with one attached hydrogen (secondary N) is 1. The molecule has 0 amide bonds. The molecule has 0 aliphatic carbocycles. The first-order chi connectivity index (χ1) is 6.56. The first-order valence-electron chi connectivity index (χ1n) is 4.23. The zero-order chi connectivity index (χ0) is 10.7. The van der Waals surface area contributed by atoms with Gasteiger partial charge in [-0.2, -0.15) is 12.6 Å². The van der Waals surface area contributed by atoms with E-state index in [-0.39, 0.29) is 11.3 Å². The van der Waals surface area contributed by atoms with Crippen molar-refractivity contribution in [3.05, 3.63) is 33.7 Å². The van der Waals surface area contributed by atoms with Gasteiger partial charge in [-0.05, 0) is 13.0 Å². The monoisotopic (exact) mass is 215 g/mol. The number of rotatable bonds is 3. The molecule has 4 nitrogen and oxygen atoms in total. The van der Waals surface area contributed by atoms with Gasteiger partial charge >= 0.3 is 0 Å². The van der Waals surface area contributed by atoms with Crippen molar-refractivity contribution < 1.29 is 10.2 Å². The number of hydrogen-bond acceptors (Lipinski definition) is 4. The summed E-state index contributed by atoms with van der Waals surface area (Å²) in [4.78, 5) is 13.4. The fourth-order valence-corrected chi connectivity index (χ4v) is 1.42. The first kappa shape index (κ1) is 11.3. The molecule has 0 bridgehead atoms. The molecule has 3 N–H and O–H groups in total. The minimum atomic E-state index is -1.01. The van der Waals surface area contributed by atoms with Crippen LogP contribution in [0, 0.1) is 6.92 Å². The van der Waals surface area contributed by atoms with Gasteiger partial charge in [0, 0.05) is 23.1 Å². The Kier molecular flexibility index (Phi) is 3.74. The van der Waals surface area contributed by atoms with E-state index >= 15 is 0 Å². The molecule has 0 radical (unpaired) electrons. The van der Waals surface area contributed by atoms with Crippen molar-refractivity contribution >= 4 is 12.6 Å². The summed E-state index contributed by atoms with van der Waals surface area (Å²) in [7, 11) is 0. The van der Waals surface area contributed by atoms with E-state index in [1.807, 2.05) is 0 Å². The van der Waals surface area contributed by atoms with E-state index in [1.165, 1.54) is 12.1 Å². The predicted molar refractivity (Wildman–Crippen MR) is 56.6 cm³/mol. The molecular weight excluding hydrogens is 202 g/mol. The van der Waals surface area contributed by atoms with E-state index in [9.17, 15) is 15.0 Å². The molecule has 0 spiro atoms. The second-order valence-corrected chi connectivity index (χ2v) is 3.46. The minimum absolute atomic E-state index is 0.166. The van der Waals surface area contributed by atoms with Gasteiger partial charge in [0.1, 0.15) is 6.10 Å². The summed E-state index contributed by atoms with van der Waals surface area (Å²) >= 11 is 3.88. The Balaban J connectivity index is 3.01. The lowest BCUT2D eigenvalue weighted by atomic mass is 10.0. The van der Waals surface area contributed by atoms with Crippen molar-refractivity contribution in [3.63, 3.8) is 0 Å². The van der Waals surface area contributed by atoms with Crippen LogP contribution in [0.25, 0.3) is 0 Å². The summed E-state index contributed by atoms with van der Waals surface area (Å²) in [6.07, 6.45) is -1.94. The smallest absolute Gasteiger partial charge is 0.248 e.